The average Bonchev–Trinajstić information content (AvgIpc) is 2.90. The molecule has 0 aliphatic carbocycles. The van der Waals surface area contributed by atoms with E-state index in [1.54, 1.807) is 0 Å². The van der Waals surface area contributed by atoms with Gasteiger partial charge in [-0.2, -0.15) is 4.98 Å². The molecule has 2 unspecified atom stereocenters. The van der Waals surface area contributed by atoms with Crippen LogP contribution in [-0.4, -0.2) is 40.4 Å². The molecule has 1 aromatic heterocycles. The quantitative estimate of drug-likeness (QED) is 0.853. The summed E-state index contributed by atoms with van der Waals surface area (Å²) >= 11 is 9.58. The number of H-pyrrole nitrogens is 1. The molecule has 2 heterocycles. The van der Waals surface area contributed by atoms with Crippen molar-refractivity contribution in [2.24, 2.45) is 0 Å². The van der Waals surface area contributed by atoms with Crippen molar-refractivity contribution in [3.8, 4) is 11.4 Å². The second-order valence-corrected chi connectivity index (χ2v) is 6.77. The van der Waals surface area contributed by atoms with Crippen molar-refractivity contribution in [1.82, 2.24) is 20.5 Å². The van der Waals surface area contributed by atoms with Crippen molar-refractivity contribution >= 4 is 33.5 Å². The number of anilines is 1. The maximum atomic E-state index is 6.06. The fourth-order valence-electron chi connectivity index (χ4n) is 2.68. The molecule has 0 amide bonds. The summed E-state index contributed by atoms with van der Waals surface area (Å²) < 4.78 is 0.941. The van der Waals surface area contributed by atoms with Gasteiger partial charge in [-0.15, -0.1) is 5.10 Å². The molecule has 0 spiro atoms. The van der Waals surface area contributed by atoms with Crippen LogP contribution in [0.25, 0.3) is 11.4 Å². The molecule has 0 saturated carbocycles. The van der Waals surface area contributed by atoms with Crippen LogP contribution in [0, 0.1) is 0 Å². The molecule has 2 atom stereocenters. The van der Waals surface area contributed by atoms with Gasteiger partial charge in [0.05, 0.1) is 0 Å². The Kier molecular flexibility index (Phi) is 4.19. The maximum absolute atomic E-state index is 6.06. The highest BCUT2D eigenvalue weighted by atomic mass is 79.9. The summed E-state index contributed by atoms with van der Waals surface area (Å²) in [5, 5.41) is 11.5. The standard InChI is InChI=1S/C14H17BrClN5/c1-8-6-21(7-9(2)17-8)14-18-13(19-20-14)11-5-10(16)3-4-12(11)15/h3-5,8-9,17H,6-7H2,1-2H3,(H,18,19,20). The van der Waals surface area contributed by atoms with E-state index in [1.165, 1.54) is 0 Å². The van der Waals surface area contributed by atoms with Gasteiger partial charge in [0.2, 0.25) is 5.95 Å². The van der Waals surface area contributed by atoms with Gasteiger partial charge in [0, 0.05) is 40.2 Å². The smallest absolute Gasteiger partial charge is 0.245 e. The molecule has 1 aliphatic heterocycles. The minimum Gasteiger partial charge on any atom is -0.336 e. The summed E-state index contributed by atoms with van der Waals surface area (Å²) in [6.45, 7) is 6.14. The average molecular weight is 371 g/mol. The van der Waals surface area contributed by atoms with Gasteiger partial charge in [-0.05, 0) is 32.0 Å². The predicted octanol–water partition coefficient (Wildman–Crippen LogP) is 3.07. The first-order chi connectivity index (χ1) is 10.0. The van der Waals surface area contributed by atoms with Gasteiger partial charge in [0.15, 0.2) is 5.82 Å². The maximum Gasteiger partial charge on any atom is 0.245 e. The molecule has 2 aromatic rings. The number of benzene rings is 1. The number of hydrogen-bond acceptors (Lipinski definition) is 4. The van der Waals surface area contributed by atoms with Crippen LogP contribution in [0.15, 0.2) is 22.7 Å². The second-order valence-electron chi connectivity index (χ2n) is 5.48. The van der Waals surface area contributed by atoms with Crippen LogP contribution in [0.3, 0.4) is 0 Å². The zero-order valence-corrected chi connectivity index (χ0v) is 14.2. The molecule has 1 aliphatic rings. The molecule has 0 bridgehead atoms. The zero-order valence-electron chi connectivity index (χ0n) is 11.9. The lowest BCUT2D eigenvalue weighted by atomic mass is 10.1. The molecule has 112 valence electrons. The van der Waals surface area contributed by atoms with E-state index in [1.807, 2.05) is 18.2 Å². The second kappa shape index (κ2) is 5.94. The minimum absolute atomic E-state index is 0.425. The van der Waals surface area contributed by atoms with E-state index in [4.69, 9.17) is 11.6 Å². The van der Waals surface area contributed by atoms with Gasteiger partial charge < -0.3 is 10.2 Å². The normalized spacial score (nSPS) is 22.6. The summed E-state index contributed by atoms with van der Waals surface area (Å²) in [6, 6.07) is 6.47. The number of piperazine rings is 1. The van der Waals surface area contributed by atoms with Crippen molar-refractivity contribution in [1.29, 1.82) is 0 Å². The van der Waals surface area contributed by atoms with Crippen LogP contribution in [0.2, 0.25) is 5.02 Å². The van der Waals surface area contributed by atoms with Crippen molar-refractivity contribution in [3.63, 3.8) is 0 Å². The summed E-state index contributed by atoms with van der Waals surface area (Å²) in [4.78, 5) is 6.82. The van der Waals surface area contributed by atoms with Gasteiger partial charge in [-0.25, -0.2) is 0 Å². The summed E-state index contributed by atoms with van der Waals surface area (Å²) in [7, 11) is 0. The summed E-state index contributed by atoms with van der Waals surface area (Å²) in [5.41, 5.74) is 0.914. The van der Waals surface area contributed by atoms with Crippen molar-refractivity contribution in [2.45, 2.75) is 25.9 Å². The van der Waals surface area contributed by atoms with Gasteiger partial charge >= 0.3 is 0 Å². The molecule has 1 aromatic carbocycles. The topological polar surface area (TPSA) is 56.8 Å². The lowest BCUT2D eigenvalue weighted by Crippen LogP contribution is -2.54. The number of aromatic nitrogens is 3. The van der Waals surface area contributed by atoms with E-state index in [0.29, 0.717) is 17.1 Å². The molecule has 5 nitrogen and oxygen atoms in total. The number of nitrogens with zero attached hydrogens (tertiary/aromatic N) is 3. The van der Waals surface area contributed by atoms with E-state index in [9.17, 15) is 0 Å². The number of aromatic amines is 1. The fourth-order valence-corrected chi connectivity index (χ4v) is 3.29. The van der Waals surface area contributed by atoms with Gasteiger partial charge in [0.1, 0.15) is 0 Å². The van der Waals surface area contributed by atoms with Crippen molar-refractivity contribution in [3.05, 3.63) is 27.7 Å². The molecular weight excluding hydrogens is 354 g/mol. The Bertz CT molecular complexity index is 634. The van der Waals surface area contributed by atoms with Crippen LogP contribution in [0.1, 0.15) is 13.8 Å². The van der Waals surface area contributed by atoms with E-state index in [2.05, 4.69) is 55.2 Å². The van der Waals surface area contributed by atoms with Gasteiger partial charge in [-0.1, -0.05) is 27.5 Å². The van der Waals surface area contributed by atoms with E-state index in [-0.39, 0.29) is 0 Å². The Labute approximate surface area is 137 Å². The van der Waals surface area contributed by atoms with Crippen molar-refractivity contribution in [2.75, 3.05) is 18.0 Å². The molecule has 3 rings (SSSR count). The highest BCUT2D eigenvalue weighted by Crippen LogP contribution is 2.29. The number of hydrogen-bond donors (Lipinski definition) is 2. The molecular formula is C14H17BrClN5. The Morgan fingerprint density at radius 3 is 2.71 bits per heavy atom. The predicted molar refractivity (Wildman–Crippen MR) is 88.8 cm³/mol. The third kappa shape index (κ3) is 3.22. The lowest BCUT2D eigenvalue weighted by molar-refractivity contribution is 0.403. The lowest BCUT2D eigenvalue weighted by Gasteiger charge is -2.35. The highest BCUT2D eigenvalue weighted by Gasteiger charge is 2.24. The minimum atomic E-state index is 0.425. The van der Waals surface area contributed by atoms with Crippen LogP contribution < -0.4 is 10.2 Å². The molecule has 1 saturated heterocycles. The molecule has 2 N–H and O–H groups in total. The zero-order chi connectivity index (χ0) is 15.0. The fraction of sp³-hybridized carbons (Fsp3) is 0.429. The first kappa shape index (κ1) is 14.8. The van der Waals surface area contributed by atoms with Gasteiger partial charge in [0.25, 0.3) is 0 Å². The monoisotopic (exact) mass is 369 g/mol. The molecule has 7 heteroatoms. The Hall–Kier alpha value is -1.11. The largest absolute Gasteiger partial charge is 0.336 e. The number of rotatable bonds is 2. The van der Waals surface area contributed by atoms with Crippen LogP contribution in [0.5, 0.6) is 0 Å². The Morgan fingerprint density at radius 2 is 2.00 bits per heavy atom. The Morgan fingerprint density at radius 1 is 1.29 bits per heavy atom. The van der Waals surface area contributed by atoms with E-state index < -0.39 is 0 Å². The summed E-state index contributed by atoms with van der Waals surface area (Å²) in [5.74, 6) is 1.45. The SMILES string of the molecule is CC1CN(c2n[nH]c(-c3cc(Cl)ccc3Br)n2)CC(C)N1. The number of nitrogens with one attached hydrogen (secondary N) is 2. The summed E-state index contributed by atoms with van der Waals surface area (Å²) in [6.07, 6.45) is 0. The molecule has 1 fully saturated rings. The number of halogens is 2. The highest BCUT2D eigenvalue weighted by molar-refractivity contribution is 9.10. The third-order valence-corrected chi connectivity index (χ3v) is 4.42. The first-order valence-electron chi connectivity index (χ1n) is 6.92. The molecule has 0 radical (unpaired) electrons. The first-order valence-corrected chi connectivity index (χ1v) is 8.09. The Balaban J connectivity index is 1.88. The van der Waals surface area contributed by atoms with Crippen molar-refractivity contribution < 1.29 is 0 Å². The third-order valence-electron chi connectivity index (χ3n) is 3.50. The molecule has 21 heavy (non-hydrogen) atoms. The van der Waals surface area contributed by atoms with E-state index >= 15 is 0 Å². The van der Waals surface area contributed by atoms with Gasteiger partial charge in [-0.3, -0.25) is 5.10 Å². The van der Waals surface area contributed by atoms with Crippen LogP contribution >= 0.6 is 27.5 Å². The van der Waals surface area contributed by atoms with E-state index in [0.717, 1.165) is 34.9 Å². The van der Waals surface area contributed by atoms with Crippen LogP contribution in [0.4, 0.5) is 5.95 Å². The van der Waals surface area contributed by atoms with Crippen LogP contribution in [-0.2, 0) is 0 Å².